The molecule has 0 amide bonds. The topological polar surface area (TPSA) is 39.9 Å². The smallest absolute Gasteiger partial charge is 0.0482 e. The van der Waals surface area contributed by atoms with Gasteiger partial charge in [-0.2, -0.15) is 42.1 Å². The van der Waals surface area contributed by atoms with E-state index in [0.29, 0.717) is 0 Å². The molecule has 0 fully saturated rings. The van der Waals surface area contributed by atoms with E-state index in [1.807, 2.05) is 66.9 Å². The molecule has 0 spiro atoms. The maximum Gasteiger partial charge on any atom is 0.0482 e. The van der Waals surface area contributed by atoms with Crippen molar-refractivity contribution in [3.63, 3.8) is 0 Å². The molecule has 0 aliphatic carbocycles. The number of aromatic nitrogens is 3. The molecule has 0 unspecified atom stereocenters. The van der Waals surface area contributed by atoms with Gasteiger partial charge in [0.1, 0.15) is 0 Å². The van der Waals surface area contributed by atoms with Crippen molar-refractivity contribution >= 4 is 0 Å². The fourth-order valence-corrected chi connectivity index (χ4v) is 2.62. The Morgan fingerprint density at radius 2 is 1.56 bits per heavy atom. The van der Waals surface area contributed by atoms with Crippen LogP contribution in [0.3, 0.4) is 0 Å². The second-order valence-electron chi connectivity index (χ2n) is 6.35. The average Bonchev–Trinajstić information content (AvgIpc) is 3.25. The van der Waals surface area contributed by atoms with Gasteiger partial charge in [-0.1, -0.05) is 38.1 Å². The first-order valence-electron chi connectivity index (χ1n) is 8.56. The minimum Gasteiger partial charge on any atom is -0.662 e. The second kappa shape index (κ2) is 9.96. The van der Waals surface area contributed by atoms with Crippen LogP contribution in [-0.4, -0.2) is 9.97 Å². The van der Waals surface area contributed by atoms with Gasteiger partial charge in [0, 0.05) is 49.3 Å². The fraction of sp³-hybridized carbons (Fsp3) is 0.130. The number of nitrogens with zero attached hydrogens (tertiary/aromatic N) is 3. The summed E-state index contributed by atoms with van der Waals surface area (Å²) in [5, 5.41) is 0. The number of hydrogen-bond donors (Lipinski definition) is 0. The molecule has 0 N–H and O–H groups in total. The molecule has 0 saturated carbocycles. The Kier molecular flexibility index (Phi) is 7.66. The van der Waals surface area contributed by atoms with Crippen LogP contribution in [0.2, 0.25) is 0 Å². The molecule has 4 heteroatoms. The van der Waals surface area contributed by atoms with Gasteiger partial charge in [-0.15, -0.1) is 5.69 Å². The minimum atomic E-state index is -0.0808. The number of pyridine rings is 2. The summed E-state index contributed by atoms with van der Waals surface area (Å²) in [7, 11) is 0. The monoisotopic (exact) mass is 532 g/mol. The second-order valence-corrected chi connectivity index (χ2v) is 6.35. The van der Waals surface area contributed by atoms with E-state index in [2.05, 4.69) is 47.0 Å². The molecule has 1 radical (unpaired) electrons. The van der Waals surface area contributed by atoms with E-state index in [-0.39, 0.29) is 25.5 Å². The van der Waals surface area contributed by atoms with Crippen LogP contribution in [-0.2, 0) is 25.5 Å². The van der Waals surface area contributed by atoms with E-state index in [4.69, 9.17) is 0 Å². The number of benzene rings is 1. The molecule has 3 heterocycles. The molecule has 4 aromatic rings. The first-order chi connectivity index (χ1) is 12.7. The molecule has 4 rings (SSSR count). The van der Waals surface area contributed by atoms with Crippen molar-refractivity contribution in [2.75, 3.05) is 0 Å². The van der Waals surface area contributed by atoms with Gasteiger partial charge in [0.15, 0.2) is 0 Å². The normalized spacial score (nSPS) is 10.3. The van der Waals surface area contributed by atoms with Crippen LogP contribution in [0.1, 0.15) is 25.1 Å². The van der Waals surface area contributed by atoms with E-state index in [0.717, 1.165) is 17.1 Å². The summed E-state index contributed by atoms with van der Waals surface area (Å²) in [4.78, 5) is 12.7. The van der Waals surface area contributed by atoms with Crippen LogP contribution in [0.5, 0.6) is 0 Å². The molecular formula is C23H21IrN3-2. The first-order valence-corrected chi connectivity index (χ1v) is 8.56. The Bertz CT molecular complexity index is 849. The van der Waals surface area contributed by atoms with Crippen LogP contribution >= 0.6 is 0 Å². The van der Waals surface area contributed by atoms with Gasteiger partial charge in [0.2, 0.25) is 0 Å². The molecule has 0 bridgehead atoms. The summed E-state index contributed by atoms with van der Waals surface area (Å²) in [6.45, 7) is 4.34. The molecule has 0 atom stereocenters. The summed E-state index contributed by atoms with van der Waals surface area (Å²) in [5.41, 5.74) is 4.03. The Morgan fingerprint density at radius 3 is 2.11 bits per heavy atom. The van der Waals surface area contributed by atoms with Gasteiger partial charge < -0.3 is 4.98 Å². The summed E-state index contributed by atoms with van der Waals surface area (Å²) in [6, 6.07) is 27.0. The molecule has 3 nitrogen and oxygen atoms in total. The van der Waals surface area contributed by atoms with Gasteiger partial charge in [0.05, 0.1) is 0 Å². The van der Waals surface area contributed by atoms with Crippen LogP contribution < -0.4 is 4.98 Å². The Hall–Kier alpha value is -2.55. The van der Waals surface area contributed by atoms with Gasteiger partial charge in [0.25, 0.3) is 0 Å². The predicted octanol–water partition coefficient (Wildman–Crippen LogP) is 4.91. The van der Waals surface area contributed by atoms with Crippen LogP contribution in [0.4, 0.5) is 0 Å². The van der Waals surface area contributed by atoms with Crippen molar-refractivity contribution in [2.24, 2.45) is 0 Å². The summed E-state index contributed by atoms with van der Waals surface area (Å²) < 4.78 is 0. The molecule has 139 valence electrons. The minimum absolute atomic E-state index is 0. The molecule has 0 saturated heterocycles. The molecule has 0 aliphatic rings. The van der Waals surface area contributed by atoms with Crippen LogP contribution in [0.25, 0.3) is 11.4 Å². The third-order valence-electron chi connectivity index (χ3n) is 4.17. The van der Waals surface area contributed by atoms with E-state index < -0.39 is 0 Å². The van der Waals surface area contributed by atoms with Crippen LogP contribution in [0.15, 0.2) is 91.4 Å². The third kappa shape index (κ3) is 5.46. The molecule has 1 aromatic carbocycles. The quantitative estimate of drug-likeness (QED) is 0.353. The zero-order valence-electron chi connectivity index (χ0n) is 15.3. The summed E-state index contributed by atoms with van der Waals surface area (Å²) in [5.74, 6) is 0. The largest absolute Gasteiger partial charge is 0.662 e. The summed E-state index contributed by atoms with van der Waals surface area (Å²) >= 11 is 0. The summed E-state index contributed by atoms with van der Waals surface area (Å²) in [6.07, 6.45) is 5.37. The van der Waals surface area contributed by atoms with Crippen molar-refractivity contribution in [1.82, 2.24) is 15.0 Å². The zero-order valence-corrected chi connectivity index (χ0v) is 17.7. The van der Waals surface area contributed by atoms with Gasteiger partial charge in [-0.05, 0) is 24.3 Å². The van der Waals surface area contributed by atoms with Crippen molar-refractivity contribution in [3.8, 4) is 11.4 Å². The molecule has 27 heavy (non-hydrogen) atoms. The van der Waals surface area contributed by atoms with Crippen LogP contribution in [0, 0.1) is 6.07 Å². The van der Waals surface area contributed by atoms with Gasteiger partial charge in [-0.3, -0.25) is 9.97 Å². The van der Waals surface area contributed by atoms with E-state index in [1.54, 1.807) is 12.4 Å². The predicted molar refractivity (Wildman–Crippen MR) is 105 cm³/mol. The van der Waals surface area contributed by atoms with Crippen molar-refractivity contribution in [2.45, 2.75) is 19.3 Å². The third-order valence-corrected chi connectivity index (χ3v) is 4.17. The number of rotatable bonds is 3. The first kappa shape index (κ1) is 20.8. The maximum absolute atomic E-state index is 4.41. The molecule has 0 aliphatic heterocycles. The number of hydrogen-bond acceptors (Lipinski definition) is 2. The Labute approximate surface area is 174 Å². The average molecular weight is 532 g/mol. The van der Waals surface area contributed by atoms with Crippen molar-refractivity contribution in [3.05, 3.63) is 109 Å². The Balaban J connectivity index is 0.000000194. The van der Waals surface area contributed by atoms with E-state index in [1.165, 1.54) is 5.56 Å². The zero-order chi connectivity index (χ0) is 18.2. The van der Waals surface area contributed by atoms with Gasteiger partial charge >= 0.3 is 0 Å². The molecule has 3 aromatic heterocycles. The standard InChI is InChI=1S/C14H14N.C9H7N2.Ir/c1-14(2,12-8-4-3-5-9-12)13-10-6-7-11-15-13;1-2-6-10-8(4-1)9-5-3-7-11-9;/h3-8,10-11H,1-2H3;1-7H;/q2*-1;. The Morgan fingerprint density at radius 1 is 0.815 bits per heavy atom. The van der Waals surface area contributed by atoms with E-state index in [9.17, 15) is 0 Å². The maximum atomic E-state index is 4.41. The van der Waals surface area contributed by atoms with E-state index >= 15 is 0 Å². The SMILES string of the molecule is CC(C)(c1[c-]cccc1)c1ccccn1.[Ir].c1ccc(-c2ccc[n-]2)nc1. The van der Waals surface area contributed by atoms with Gasteiger partial charge in [-0.25, -0.2) is 0 Å². The fourth-order valence-electron chi connectivity index (χ4n) is 2.62. The van der Waals surface area contributed by atoms with Crippen molar-refractivity contribution in [1.29, 1.82) is 0 Å². The molecular weight excluding hydrogens is 510 g/mol. The van der Waals surface area contributed by atoms with Crippen molar-refractivity contribution < 1.29 is 20.1 Å².